The minimum Gasteiger partial charge on any atom is -0.339 e. The molecule has 1 atom stereocenters. The van der Waals surface area contributed by atoms with Gasteiger partial charge in [-0.25, -0.2) is 4.79 Å². The summed E-state index contributed by atoms with van der Waals surface area (Å²) in [4.78, 5) is 28.8. The number of fused-ring (bicyclic) bond motifs is 1. The highest BCUT2D eigenvalue weighted by atomic mass is 16.2. The van der Waals surface area contributed by atoms with E-state index in [0.717, 1.165) is 25.9 Å². The Balaban J connectivity index is 1.47. The van der Waals surface area contributed by atoms with Crippen LogP contribution in [0.25, 0.3) is 0 Å². The van der Waals surface area contributed by atoms with E-state index in [1.54, 1.807) is 0 Å². The maximum atomic E-state index is 13.1. The van der Waals surface area contributed by atoms with Crippen molar-refractivity contribution in [3.05, 3.63) is 35.4 Å². The van der Waals surface area contributed by atoms with E-state index < -0.39 is 5.54 Å². The minimum absolute atomic E-state index is 0.00923. The molecule has 0 saturated carbocycles. The fourth-order valence-corrected chi connectivity index (χ4v) is 4.34. The lowest BCUT2D eigenvalue weighted by atomic mass is 9.93. The maximum Gasteiger partial charge on any atom is 0.317 e. The molecular formula is C18H24N4O2. The number of nitrogens with two attached hydrogens (primary N) is 1. The molecule has 1 aromatic carbocycles. The highest BCUT2D eigenvalue weighted by Gasteiger charge is 2.44. The molecule has 0 aromatic heterocycles. The van der Waals surface area contributed by atoms with Crippen LogP contribution in [-0.2, 0) is 17.6 Å². The van der Waals surface area contributed by atoms with Crippen molar-refractivity contribution in [2.75, 3.05) is 26.2 Å². The van der Waals surface area contributed by atoms with Crippen LogP contribution in [0.15, 0.2) is 24.3 Å². The van der Waals surface area contributed by atoms with Gasteiger partial charge in [0.2, 0.25) is 5.91 Å². The highest BCUT2D eigenvalue weighted by Crippen LogP contribution is 2.31. The Bertz CT molecular complexity index is 650. The van der Waals surface area contributed by atoms with Gasteiger partial charge >= 0.3 is 6.03 Å². The van der Waals surface area contributed by atoms with Gasteiger partial charge in [0, 0.05) is 26.2 Å². The van der Waals surface area contributed by atoms with E-state index in [2.05, 4.69) is 17.4 Å². The first-order valence-electron chi connectivity index (χ1n) is 8.76. The molecule has 6 nitrogen and oxygen atoms in total. The number of amides is 3. The van der Waals surface area contributed by atoms with Crippen molar-refractivity contribution in [2.45, 2.75) is 37.3 Å². The minimum atomic E-state index is -0.834. The second kappa shape index (κ2) is 5.77. The summed E-state index contributed by atoms with van der Waals surface area (Å²) in [7, 11) is 0. The monoisotopic (exact) mass is 328 g/mol. The molecule has 2 heterocycles. The smallest absolute Gasteiger partial charge is 0.317 e. The lowest BCUT2D eigenvalue weighted by Crippen LogP contribution is -2.60. The second-order valence-electron chi connectivity index (χ2n) is 7.25. The van der Waals surface area contributed by atoms with Crippen molar-refractivity contribution in [1.29, 1.82) is 0 Å². The molecule has 0 bridgehead atoms. The van der Waals surface area contributed by atoms with Crippen LogP contribution in [0.3, 0.4) is 0 Å². The van der Waals surface area contributed by atoms with E-state index in [0.29, 0.717) is 25.9 Å². The number of likely N-dealkylation sites (tertiary alicyclic amines) is 1. The molecule has 2 fully saturated rings. The Hall–Kier alpha value is -2.08. The van der Waals surface area contributed by atoms with Gasteiger partial charge in [-0.3, -0.25) is 4.79 Å². The number of benzene rings is 1. The van der Waals surface area contributed by atoms with Crippen LogP contribution < -0.4 is 11.1 Å². The molecule has 3 amide bonds. The Labute approximate surface area is 142 Å². The van der Waals surface area contributed by atoms with Crippen LogP contribution in [0.2, 0.25) is 0 Å². The van der Waals surface area contributed by atoms with Gasteiger partial charge in [0.05, 0.1) is 6.04 Å². The van der Waals surface area contributed by atoms with Gasteiger partial charge in [0.25, 0.3) is 0 Å². The Morgan fingerprint density at radius 3 is 2.54 bits per heavy atom. The number of hydrogen-bond acceptors (Lipinski definition) is 3. The normalized spacial score (nSPS) is 25.5. The Morgan fingerprint density at radius 2 is 1.92 bits per heavy atom. The lowest BCUT2D eigenvalue weighted by molar-refractivity contribution is -0.138. The number of carbonyl (C=O) groups excluding carboxylic acids is 2. The van der Waals surface area contributed by atoms with Crippen molar-refractivity contribution < 1.29 is 9.59 Å². The summed E-state index contributed by atoms with van der Waals surface area (Å²) >= 11 is 0. The molecule has 0 spiro atoms. The van der Waals surface area contributed by atoms with E-state index >= 15 is 0 Å². The SMILES string of the molecule is NC1(C(=O)N2CCCC(N3CCNC3=O)C2)Cc2ccccc2C1. The molecule has 1 aliphatic carbocycles. The molecule has 2 saturated heterocycles. The van der Waals surface area contributed by atoms with Gasteiger partial charge in [0.1, 0.15) is 5.54 Å². The van der Waals surface area contributed by atoms with Gasteiger partial charge < -0.3 is 20.9 Å². The number of piperidine rings is 1. The third-order valence-electron chi connectivity index (χ3n) is 5.57. The van der Waals surface area contributed by atoms with Gasteiger partial charge in [-0.2, -0.15) is 0 Å². The maximum absolute atomic E-state index is 13.1. The van der Waals surface area contributed by atoms with Crippen molar-refractivity contribution in [2.24, 2.45) is 5.73 Å². The Morgan fingerprint density at radius 1 is 1.21 bits per heavy atom. The summed E-state index contributed by atoms with van der Waals surface area (Å²) < 4.78 is 0. The molecule has 1 unspecified atom stereocenters. The predicted molar refractivity (Wildman–Crippen MR) is 90.5 cm³/mol. The fourth-order valence-electron chi connectivity index (χ4n) is 4.34. The molecule has 1 aromatic rings. The van der Waals surface area contributed by atoms with Crippen molar-refractivity contribution in [3.8, 4) is 0 Å². The summed E-state index contributed by atoms with van der Waals surface area (Å²) in [5, 5.41) is 2.84. The average molecular weight is 328 g/mol. The summed E-state index contributed by atoms with van der Waals surface area (Å²) in [6.07, 6.45) is 3.08. The number of rotatable bonds is 2. The molecule has 0 radical (unpaired) electrons. The number of hydrogen-bond donors (Lipinski definition) is 2. The molecule has 24 heavy (non-hydrogen) atoms. The zero-order valence-electron chi connectivity index (χ0n) is 13.8. The number of nitrogens with zero attached hydrogens (tertiary/aromatic N) is 2. The van der Waals surface area contributed by atoms with E-state index in [9.17, 15) is 9.59 Å². The quantitative estimate of drug-likeness (QED) is 0.830. The van der Waals surface area contributed by atoms with Crippen LogP contribution in [0, 0.1) is 0 Å². The lowest BCUT2D eigenvalue weighted by Gasteiger charge is -2.40. The van der Waals surface area contributed by atoms with Crippen molar-refractivity contribution in [3.63, 3.8) is 0 Å². The summed E-state index contributed by atoms with van der Waals surface area (Å²) in [6, 6.07) is 8.22. The van der Waals surface area contributed by atoms with Gasteiger partial charge in [0.15, 0.2) is 0 Å². The summed E-state index contributed by atoms with van der Waals surface area (Å²) in [6.45, 7) is 2.76. The average Bonchev–Trinajstić information content (AvgIpc) is 3.17. The fraction of sp³-hybridized carbons (Fsp3) is 0.556. The number of nitrogens with one attached hydrogen (secondary N) is 1. The molecule has 4 rings (SSSR count). The summed E-state index contributed by atoms with van der Waals surface area (Å²) in [5.41, 5.74) is 8.05. The van der Waals surface area contributed by atoms with E-state index in [-0.39, 0.29) is 18.0 Å². The summed E-state index contributed by atoms with van der Waals surface area (Å²) in [5.74, 6) is 0.0306. The molecule has 3 aliphatic rings. The van der Waals surface area contributed by atoms with E-state index in [4.69, 9.17) is 5.73 Å². The first-order chi connectivity index (χ1) is 11.6. The molecular weight excluding hydrogens is 304 g/mol. The highest BCUT2D eigenvalue weighted by molar-refractivity contribution is 5.88. The first-order valence-corrected chi connectivity index (χ1v) is 8.76. The number of carbonyl (C=O) groups is 2. The van der Waals surface area contributed by atoms with Gasteiger partial charge in [-0.15, -0.1) is 0 Å². The first kappa shape index (κ1) is 15.4. The number of urea groups is 1. The zero-order chi connectivity index (χ0) is 16.7. The van der Waals surface area contributed by atoms with Crippen molar-refractivity contribution in [1.82, 2.24) is 15.1 Å². The van der Waals surface area contributed by atoms with Gasteiger partial charge in [-0.05, 0) is 36.8 Å². The van der Waals surface area contributed by atoms with Crippen LogP contribution in [0.4, 0.5) is 4.79 Å². The van der Waals surface area contributed by atoms with Crippen LogP contribution in [-0.4, -0.2) is 59.5 Å². The van der Waals surface area contributed by atoms with Crippen molar-refractivity contribution >= 4 is 11.9 Å². The molecule has 128 valence electrons. The molecule has 3 N–H and O–H groups in total. The van der Waals surface area contributed by atoms with Crippen LogP contribution >= 0.6 is 0 Å². The van der Waals surface area contributed by atoms with Crippen LogP contribution in [0.1, 0.15) is 24.0 Å². The standard InChI is InChI=1S/C18H24N4O2/c19-18(10-13-4-1-2-5-14(13)11-18)16(23)21-8-3-6-15(12-21)22-9-7-20-17(22)24/h1-2,4-5,15H,3,6-12,19H2,(H,20,24). The van der Waals surface area contributed by atoms with Crippen LogP contribution in [0.5, 0.6) is 0 Å². The Kier molecular flexibility index (Phi) is 3.72. The largest absolute Gasteiger partial charge is 0.339 e. The zero-order valence-corrected chi connectivity index (χ0v) is 13.8. The van der Waals surface area contributed by atoms with Gasteiger partial charge in [-0.1, -0.05) is 24.3 Å². The van der Waals surface area contributed by atoms with E-state index in [1.807, 2.05) is 21.9 Å². The van der Waals surface area contributed by atoms with E-state index in [1.165, 1.54) is 11.1 Å². The second-order valence-corrected chi connectivity index (χ2v) is 7.25. The third-order valence-corrected chi connectivity index (χ3v) is 5.57. The topological polar surface area (TPSA) is 78.7 Å². The third kappa shape index (κ3) is 2.55. The predicted octanol–water partition coefficient (Wildman–Crippen LogP) is 0.499. The molecule has 2 aliphatic heterocycles. The molecule has 6 heteroatoms.